The van der Waals surface area contributed by atoms with Crippen LogP contribution < -0.4 is 0 Å². The van der Waals surface area contributed by atoms with Gasteiger partial charge in [0.1, 0.15) is 0 Å². The Balaban J connectivity index is 1.13. The van der Waals surface area contributed by atoms with Crippen LogP contribution in [0, 0.1) is 23.2 Å². The van der Waals surface area contributed by atoms with Crippen LogP contribution in [0.25, 0.3) is 0 Å². The Morgan fingerprint density at radius 3 is 2.47 bits per heavy atom. The fourth-order valence-electron chi connectivity index (χ4n) is 7.98. The number of piperidine rings is 1. The van der Waals surface area contributed by atoms with Gasteiger partial charge in [0.15, 0.2) is 0 Å². The van der Waals surface area contributed by atoms with Gasteiger partial charge < -0.3 is 14.7 Å². The molecule has 166 valence electrons. The molecule has 1 aromatic carbocycles. The smallest absolute Gasteiger partial charge is 0.0900 e. The molecule has 3 atom stereocenters. The average Bonchev–Trinajstić information content (AvgIpc) is 2.73. The third kappa shape index (κ3) is 4.36. The minimum Gasteiger partial charge on any atom is -0.389 e. The quantitative estimate of drug-likeness (QED) is 0.610. The lowest BCUT2D eigenvalue weighted by Gasteiger charge is -2.62. The average molecular weight is 412 g/mol. The first-order chi connectivity index (χ1) is 14.5. The molecule has 1 heterocycles. The van der Waals surface area contributed by atoms with Crippen LogP contribution in [-0.2, 0) is 10.2 Å². The van der Waals surface area contributed by atoms with E-state index in [-0.39, 0.29) is 6.10 Å². The summed E-state index contributed by atoms with van der Waals surface area (Å²) in [6, 6.07) is 11.4. The van der Waals surface area contributed by atoms with Crippen LogP contribution in [0.4, 0.5) is 0 Å². The molecule has 0 radical (unpaired) electrons. The van der Waals surface area contributed by atoms with Gasteiger partial charge in [-0.1, -0.05) is 37.3 Å². The summed E-state index contributed by atoms with van der Waals surface area (Å²) in [5, 5.41) is 10.5. The molecule has 5 aliphatic rings. The van der Waals surface area contributed by atoms with E-state index in [1.165, 1.54) is 57.8 Å². The second kappa shape index (κ2) is 8.56. The number of likely N-dealkylation sites (tertiary alicyclic amines) is 1. The van der Waals surface area contributed by atoms with Gasteiger partial charge in [-0.15, -0.1) is 0 Å². The Labute approximate surface area is 183 Å². The van der Waals surface area contributed by atoms with E-state index in [1.54, 1.807) is 5.56 Å². The van der Waals surface area contributed by atoms with E-state index in [0.717, 1.165) is 44.0 Å². The zero-order valence-electron chi connectivity index (χ0n) is 18.9. The molecule has 0 aromatic heterocycles. The lowest BCUT2D eigenvalue weighted by Crippen LogP contribution is -2.54. The van der Waals surface area contributed by atoms with Crippen LogP contribution in [0.5, 0.6) is 0 Å². The molecule has 0 spiro atoms. The number of hydrogen-bond donors (Lipinski definition) is 1. The number of β-amino-alcohol motifs (C(OH)–C–C–N with tert-alkyl or cyclic N) is 1. The van der Waals surface area contributed by atoms with Crippen molar-refractivity contribution in [1.82, 2.24) is 4.90 Å². The summed E-state index contributed by atoms with van der Waals surface area (Å²) in [5.74, 6) is 2.67. The van der Waals surface area contributed by atoms with Crippen molar-refractivity contribution < 1.29 is 9.84 Å². The number of hydrogen-bond acceptors (Lipinski definition) is 3. The van der Waals surface area contributed by atoms with Gasteiger partial charge in [0.05, 0.1) is 12.7 Å². The summed E-state index contributed by atoms with van der Waals surface area (Å²) < 4.78 is 6.06. The summed E-state index contributed by atoms with van der Waals surface area (Å²) in [6.45, 7) is 6.69. The fraction of sp³-hybridized carbons (Fsp3) is 0.778. The Bertz CT molecular complexity index is 682. The lowest BCUT2D eigenvalue weighted by atomic mass is 9.42. The number of aliphatic hydroxyl groups is 1. The molecule has 4 bridgehead atoms. The number of nitrogens with zero attached hydrogens (tertiary/aromatic N) is 1. The maximum Gasteiger partial charge on any atom is 0.0900 e. The van der Waals surface area contributed by atoms with Crippen LogP contribution in [0.3, 0.4) is 0 Å². The summed E-state index contributed by atoms with van der Waals surface area (Å²) >= 11 is 0. The zero-order valence-corrected chi connectivity index (χ0v) is 18.9. The van der Waals surface area contributed by atoms with Gasteiger partial charge in [-0.05, 0) is 105 Å². The molecule has 1 N–H and O–H groups in total. The van der Waals surface area contributed by atoms with Crippen molar-refractivity contribution in [3.63, 3.8) is 0 Å². The first-order valence-corrected chi connectivity index (χ1v) is 12.6. The van der Waals surface area contributed by atoms with Crippen LogP contribution in [0.15, 0.2) is 30.3 Å². The topological polar surface area (TPSA) is 32.7 Å². The van der Waals surface area contributed by atoms with Crippen molar-refractivity contribution in [1.29, 1.82) is 0 Å². The second-order valence-electron chi connectivity index (χ2n) is 11.6. The summed E-state index contributed by atoms with van der Waals surface area (Å²) in [7, 11) is 0. The highest BCUT2D eigenvalue weighted by Crippen LogP contribution is 2.66. The van der Waals surface area contributed by atoms with E-state index >= 15 is 0 Å². The van der Waals surface area contributed by atoms with E-state index in [4.69, 9.17) is 4.74 Å². The van der Waals surface area contributed by atoms with Crippen molar-refractivity contribution in [3.05, 3.63) is 35.9 Å². The minimum atomic E-state index is -0.342. The van der Waals surface area contributed by atoms with Crippen molar-refractivity contribution in [2.45, 2.75) is 76.2 Å². The molecule has 3 heteroatoms. The molecule has 5 fully saturated rings. The SMILES string of the molecule is CC1CCN(C[C@H](O)COCCC23CC4CC(C2)CC(c2ccccc2)(C4)C3)CC1. The number of aliphatic hydroxyl groups excluding tert-OH is 1. The fourth-order valence-corrected chi connectivity index (χ4v) is 7.98. The highest BCUT2D eigenvalue weighted by atomic mass is 16.5. The molecule has 4 aliphatic carbocycles. The standard InChI is InChI=1S/C27H41NO2/c1-21-7-10-28(11-8-21)18-25(29)19-30-12-9-26-14-22-13-23(15-26)17-27(16-22,20-26)24-5-3-2-4-6-24/h2-6,21-23,25,29H,7-20H2,1H3/t22?,23?,25-,26?,27?/m0/s1. The summed E-state index contributed by atoms with van der Waals surface area (Å²) in [4.78, 5) is 2.41. The molecule has 1 aliphatic heterocycles. The van der Waals surface area contributed by atoms with E-state index in [9.17, 15) is 5.11 Å². The predicted octanol–water partition coefficient (Wildman–Crippen LogP) is 5.02. The molecule has 1 aromatic rings. The highest BCUT2D eigenvalue weighted by molar-refractivity contribution is 5.30. The van der Waals surface area contributed by atoms with E-state index in [2.05, 4.69) is 42.2 Å². The normalized spacial score (nSPS) is 37.5. The zero-order chi connectivity index (χ0) is 20.6. The molecule has 2 unspecified atom stereocenters. The Morgan fingerprint density at radius 1 is 1.07 bits per heavy atom. The van der Waals surface area contributed by atoms with Crippen LogP contribution in [-0.4, -0.2) is 49.0 Å². The minimum absolute atomic E-state index is 0.342. The maximum atomic E-state index is 10.5. The van der Waals surface area contributed by atoms with E-state index in [1.807, 2.05) is 0 Å². The molecule has 1 saturated heterocycles. The Kier molecular flexibility index (Phi) is 5.98. The van der Waals surface area contributed by atoms with Crippen LogP contribution in [0.2, 0.25) is 0 Å². The first kappa shape index (κ1) is 21.0. The lowest BCUT2D eigenvalue weighted by molar-refractivity contribution is -0.0896. The van der Waals surface area contributed by atoms with Gasteiger partial charge >= 0.3 is 0 Å². The van der Waals surface area contributed by atoms with Gasteiger partial charge in [0.2, 0.25) is 0 Å². The van der Waals surface area contributed by atoms with Gasteiger partial charge in [0, 0.05) is 13.2 Å². The number of benzene rings is 1. The van der Waals surface area contributed by atoms with Crippen molar-refractivity contribution in [2.75, 3.05) is 32.8 Å². The van der Waals surface area contributed by atoms with Crippen molar-refractivity contribution in [2.24, 2.45) is 23.2 Å². The van der Waals surface area contributed by atoms with Crippen molar-refractivity contribution >= 4 is 0 Å². The maximum absolute atomic E-state index is 10.5. The third-order valence-electron chi connectivity index (χ3n) is 9.00. The number of rotatable bonds is 8. The molecule has 0 amide bonds. The van der Waals surface area contributed by atoms with Crippen LogP contribution in [0.1, 0.15) is 70.3 Å². The molecule has 4 saturated carbocycles. The molecular weight excluding hydrogens is 370 g/mol. The summed E-state index contributed by atoms with van der Waals surface area (Å²) in [5.41, 5.74) is 2.50. The largest absolute Gasteiger partial charge is 0.389 e. The molecule has 6 rings (SSSR count). The predicted molar refractivity (Wildman–Crippen MR) is 122 cm³/mol. The van der Waals surface area contributed by atoms with E-state index in [0.29, 0.717) is 17.4 Å². The first-order valence-electron chi connectivity index (χ1n) is 12.6. The Morgan fingerprint density at radius 2 is 1.77 bits per heavy atom. The monoisotopic (exact) mass is 411 g/mol. The molecular formula is C27H41NO2. The van der Waals surface area contributed by atoms with E-state index < -0.39 is 0 Å². The molecule has 30 heavy (non-hydrogen) atoms. The van der Waals surface area contributed by atoms with Crippen LogP contribution >= 0.6 is 0 Å². The second-order valence-corrected chi connectivity index (χ2v) is 11.6. The van der Waals surface area contributed by atoms with Gasteiger partial charge in [-0.2, -0.15) is 0 Å². The van der Waals surface area contributed by atoms with Crippen molar-refractivity contribution in [3.8, 4) is 0 Å². The highest BCUT2D eigenvalue weighted by Gasteiger charge is 2.57. The molecule has 3 nitrogen and oxygen atoms in total. The Hall–Kier alpha value is -0.900. The number of ether oxygens (including phenoxy) is 1. The summed E-state index contributed by atoms with van der Waals surface area (Å²) in [6.07, 6.45) is 11.8. The van der Waals surface area contributed by atoms with Gasteiger partial charge in [-0.25, -0.2) is 0 Å². The van der Waals surface area contributed by atoms with Gasteiger partial charge in [0.25, 0.3) is 0 Å². The van der Waals surface area contributed by atoms with Gasteiger partial charge in [-0.3, -0.25) is 0 Å². The third-order valence-corrected chi connectivity index (χ3v) is 9.00.